The lowest BCUT2D eigenvalue weighted by molar-refractivity contribution is 0.515. The predicted octanol–water partition coefficient (Wildman–Crippen LogP) is 3.26. The molecule has 3 rings (SSSR count). The first-order valence-electron chi connectivity index (χ1n) is 7.96. The molecule has 0 atom stereocenters. The number of nitrogens with one attached hydrogen (secondary N) is 1. The maximum atomic E-state index is 14.0. The number of hydrogen-bond donors (Lipinski definition) is 1. The summed E-state index contributed by atoms with van der Waals surface area (Å²) in [5, 5.41) is 0.469. The van der Waals surface area contributed by atoms with E-state index in [4.69, 9.17) is 0 Å². The Labute approximate surface area is 143 Å². The van der Waals surface area contributed by atoms with Crippen LogP contribution in [-0.4, -0.2) is 21.5 Å². The van der Waals surface area contributed by atoms with Crippen molar-refractivity contribution in [3.63, 3.8) is 0 Å². The second-order valence-electron chi connectivity index (χ2n) is 6.28. The number of H-pyrrole nitrogens is 1. The van der Waals surface area contributed by atoms with E-state index in [0.717, 1.165) is 6.07 Å². The summed E-state index contributed by atoms with van der Waals surface area (Å²) in [4.78, 5) is 24.6. The number of aromatic nitrogens is 3. The molecule has 0 aliphatic rings. The van der Waals surface area contributed by atoms with Gasteiger partial charge in [0.1, 0.15) is 5.82 Å². The van der Waals surface area contributed by atoms with Crippen molar-refractivity contribution in [2.75, 3.05) is 11.4 Å². The molecular formula is C18H18F2N4O. The van der Waals surface area contributed by atoms with E-state index in [1.807, 2.05) is 4.90 Å². The van der Waals surface area contributed by atoms with Crippen molar-refractivity contribution < 1.29 is 8.78 Å². The average molecular weight is 344 g/mol. The van der Waals surface area contributed by atoms with Gasteiger partial charge >= 0.3 is 0 Å². The van der Waals surface area contributed by atoms with Crippen LogP contribution < -0.4 is 10.5 Å². The molecule has 0 unspecified atom stereocenters. The third kappa shape index (κ3) is 3.65. The van der Waals surface area contributed by atoms with E-state index in [1.54, 1.807) is 18.6 Å². The first-order valence-corrected chi connectivity index (χ1v) is 7.96. The van der Waals surface area contributed by atoms with Crippen LogP contribution in [0.3, 0.4) is 0 Å². The molecule has 1 N–H and O–H groups in total. The van der Waals surface area contributed by atoms with E-state index in [-0.39, 0.29) is 5.52 Å². The summed E-state index contributed by atoms with van der Waals surface area (Å²) in [6, 6.07) is 3.95. The van der Waals surface area contributed by atoms with Crippen LogP contribution in [0.1, 0.15) is 19.4 Å². The summed E-state index contributed by atoms with van der Waals surface area (Å²) in [6.45, 7) is 5.14. The van der Waals surface area contributed by atoms with Gasteiger partial charge in [-0.25, -0.2) is 13.8 Å². The van der Waals surface area contributed by atoms with Crippen LogP contribution >= 0.6 is 0 Å². The highest BCUT2D eigenvalue weighted by Gasteiger charge is 2.16. The van der Waals surface area contributed by atoms with Gasteiger partial charge in [0.05, 0.1) is 11.7 Å². The smallest absolute Gasteiger partial charge is 0.248 e. The predicted molar refractivity (Wildman–Crippen MR) is 92.4 cm³/mol. The minimum Gasteiger partial charge on any atom is -0.351 e. The average Bonchev–Trinajstić information content (AvgIpc) is 2.58. The van der Waals surface area contributed by atoms with Crippen molar-refractivity contribution in [3.8, 4) is 0 Å². The van der Waals surface area contributed by atoms with Gasteiger partial charge in [-0.15, -0.1) is 0 Å². The molecule has 25 heavy (non-hydrogen) atoms. The highest BCUT2D eigenvalue weighted by Crippen LogP contribution is 2.23. The fourth-order valence-electron chi connectivity index (χ4n) is 2.81. The third-order valence-electron chi connectivity index (χ3n) is 3.81. The van der Waals surface area contributed by atoms with Crippen LogP contribution in [0.2, 0.25) is 0 Å². The van der Waals surface area contributed by atoms with Crippen LogP contribution in [0.25, 0.3) is 10.9 Å². The fourth-order valence-corrected chi connectivity index (χ4v) is 2.81. The lowest BCUT2D eigenvalue weighted by Crippen LogP contribution is -2.28. The molecule has 0 bridgehead atoms. The molecule has 0 radical (unpaired) electrons. The van der Waals surface area contributed by atoms with Crippen LogP contribution in [0.4, 0.5) is 14.6 Å². The quantitative estimate of drug-likeness (QED) is 0.772. The molecule has 5 nitrogen and oxygen atoms in total. The Kier molecular flexibility index (Phi) is 4.74. The number of nitrogens with zero attached hydrogens (tertiary/aromatic N) is 3. The number of pyridine rings is 1. The number of aromatic amines is 1. The van der Waals surface area contributed by atoms with Gasteiger partial charge < -0.3 is 9.88 Å². The summed E-state index contributed by atoms with van der Waals surface area (Å²) in [5.41, 5.74) is 0.00531. The maximum absolute atomic E-state index is 14.0. The molecule has 0 saturated carbocycles. The lowest BCUT2D eigenvalue weighted by Gasteiger charge is -2.25. The highest BCUT2D eigenvalue weighted by molar-refractivity contribution is 5.82. The highest BCUT2D eigenvalue weighted by atomic mass is 19.2. The Morgan fingerprint density at radius 2 is 2.04 bits per heavy atom. The standard InChI is InChI=1S/C18H18F2N4O/c1-11(2)9-24(15-8-21-5-6-22-15)10-12-7-16(25)23-18-13(12)3-4-14(19)17(18)20/h3-8,11H,9-10H2,1-2H3,(H,23,25). The van der Waals surface area contributed by atoms with Crippen molar-refractivity contribution >= 4 is 16.7 Å². The van der Waals surface area contributed by atoms with Crippen LogP contribution in [0.15, 0.2) is 41.6 Å². The number of anilines is 1. The van der Waals surface area contributed by atoms with Crippen LogP contribution in [0.5, 0.6) is 0 Å². The molecule has 1 aromatic carbocycles. The zero-order valence-electron chi connectivity index (χ0n) is 14.0. The number of rotatable bonds is 5. The van der Waals surface area contributed by atoms with Crippen molar-refractivity contribution in [3.05, 3.63) is 64.3 Å². The number of halogens is 2. The van der Waals surface area contributed by atoms with Gasteiger partial charge in [0.2, 0.25) is 5.56 Å². The SMILES string of the molecule is CC(C)CN(Cc1cc(=O)[nH]c2c(F)c(F)ccc12)c1cnccn1. The topological polar surface area (TPSA) is 61.9 Å². The van der Waals surface area contributed by atoms with Crippen LogP contribution in [-0.2, 0) is 6.54 Å². The maximum Gasteiger partial charge on any atom is 0.248 e. The van der Waals surface area contributed by atoms with Gasteiger partial charge in [-0.2, -0.15) is 0 Å². The molecule has 0 aliphatic heterocycles. The fraction of sp³-hybridized carbons (Fsp3) is 0.278. The molecular weight excluding hydrogens is 326 g/mol. The summed E-state index contributed by atoms with van der Waals surface area (Å²) in [7, 11) is 0. The lowest BCUT2D eigenvalue weighted by atomic mass is 10.1. The van der Waals surface area contributed by atoms with Crippen molar-refractivity contribution in [1.29, 1.82) is 0 Å². The summed E-state index contributed by atoms with van der Waals surface area (Å²) < 4.78 is 27.5. The molecule has 0 saturated heterocycles. The molecule has 2 aromatic heterocycles. The van der Waals surface area contributed by atoms with Crippen LogP contribution in [0, 0.1) is 17.6 Å². The number of fused-ring (bicyclic) bond motifs is 1. The molecule has 0 amide bonds. The largest absolute Gasteiger partial charge is 0.351 e. The van der Waals surface area contributed by atoms with E-state index in [1.165, 1.54) is 12.1 Å². The molecule has 7 heteroatoms. The zero-order chi connectivity index (χ0) is 18.0. The van der Waals surface area contributed by atoms with Gasteiger partial charge in [-0.05, 0) is 23.6 Å². The van der Waals surface area contributed by atoms with Crippen molar-refractivity contribution in [2.45, 2.75) is 20.4 Å². The minimum absolute atomic E-state index is 0.119. The van der Waals surface area contributed by atoms with Gasteiger partial charge in [0, 0.05) is 36.9 Å². The second-order valence-corrected chi connectivity index (χ2v) is 6.28. The Hall–Kier alpha value is -2.83. The van der Waals surface area contributed by atoms with Crippen molar-refractivity contribution in [2.24, 2.45) is 5.92 Å². The van der Waals surface area contributed by atoms with Gasteiger partial charge in [-0.1, -0.05) is 13.8 Å². The monoisotopic (exact) mass is 344 g/mol. The second kappa shape index (κ2) is 6.96. The van der Waals surface area contributed by atoms with Gasteiger partial charge in [-0.3, -0.25) is 9.78 Å². The summed E-state index contributed by atoms with van der Waals surface area (Å²) in [5.74, 6) is -1.05. The van der Waals surface area contributed by atoms with Gasteiger partial charge in [0.15, 0.2) is 11.6 Å². The first kappa shape index (κ1) is 17.0. The molecule has 2 heterocycles. The summed E-state index contributed by atoms with van der Waals surface area (Å²) in [6.07, 6.45) is 4.81. The third-order valence-corrected chi connectivity index (χ3v) is 3.81. The Balaban J connectivity index is 2.08. The van der Waals surface area contributed by atoms with E-state index >= 15 is 0 Å². The molecule has 0 fully saturated rings. The number of hydrogen-bond acceptors (Lipinski definition) is 4. The van der Waals surface area contributed by atoms with E-state index in [0.29, 0.717) is 35.8 Å². The normalized spacial score (nSPS) is 11.2. The first-order chi connectivity index (χ1) is 12.0. The molecule has 130 valence electrons. The Bertz CT molecular complexity index is 941. The summed E-state index contributed by atoms with van der Waals surface area (Å²) >= 11 is 0. The molecule has 0 spiro atoms. The van der Waals surface area contributed by atoms with E-state index < -0.39 is 17.2 Å². The van der Waals surface area contributed by atoms with E-state index in [9.17, 15) is 13.6 Å². The van der Waals surface area contributed by atoms with Crippen molar-refractivity contribution in [1.82, 2.24) is 15.0 Å². The minimum atomic E-state index is -1.05. The van der Waals surface area contributed by atoms with Gasteiger partial charge in [0.25, 0.3) is 0 Å². The molecule has 0 aliphatic carbocycles. The Morgan fingerprint density at radius 3 is 2.72 bits per heavy atom. The number of benzene rings is 1. The van der Waals surface area contributed by atoms with E-state index in [2.05, 4.69) is 28.8 Å². The zero-order valence-corrected chi connectivity index (χ0v) is 14.0. The Morgan fingerprint density at radius 1 is 1.24 bits per heavy atom. The molecule has 3 aromatic rings.